The Morgan fingerprint density at radius 1 is 0.766 bits per heavy atom. The van der Waals surface area contributed by atoms with Gasteiger partial charge in [-0.2, -0.15) is 10.2 Å². The van der Waals surface area contributed by atoms with Crippen LogP contribution in [0.15, 0.2) is 60.9 Å². The van der Waals surface area contributed by atoms with Gasteiger partial charge in [-0.15, -0.1) is 0 Å². The first kappa shape index (κ1) is 37.0. The highest BCUT2D eigenvalue weighted by atomic mass is 35.5. The van der Waals surface area contributed by atoms with Crippen molar-refractivity contribution in [3.63, 3.8) is 0 Å². The Morgan fingerprint density at radius 3 is 1.91 bits per heavy atom. The minimum absolute atomic E-state index is 0.00594. The van der Waals surface area contributed by atoms with Gasteiger partial charge in [0, 0.05) is 37.5 Å². The van der Waals surface area contributed by atoms with Crippen LogP contribution in [0.5, 0.6) is 0 Å². The molecule has 47 heavy (non-hydrogen) atoms. The Bertz CT molecular complexity index is 1550. The zero-order valence-corrected chi connectivity index (χ0v) is 30.1. The number of nitrogens with zero attached hydrogens (tertiary/aromatic N) is 6. The second kappa shape index (κ2) is 19.3. The number of amides is 1. The van der Waals surface area contributed by atoms with Crippen LogP contribution in [0.3, 0.4) is 0 Å². The molecule has 254 valence electrons. The molecule has 0 atom stereocenters. The van der Waals surface area contributed by atoms with Gasteiger partial charge in [-0.25, -0.2) is 9.36 Å². The van der Waals surface area contributed by atoms with Crippen LogP contribution in [0.1, 0.15) is 52.4 Å². The lowest BCUT2D eigenvalue weighted by atomic mass is 10.3. The second-order valence-electron chi connectivity index (χ2n) is 11.3. The van der Waals surface area contributed by atoms with Crippen molar-refractivity contribution in [3.05, 3.63) is 81.0 Å². The molecule has 0 unspecified atom stereocenters. The van der Waals surface area contributed by atoms with Gasteiger partial charge in [0.1, 0.15) is 5.82 Å². The molecule has 0 saturated carbocycles. The smallest absolute Gasteiger partial charge is 0.225 e. The van der Waals surface area contributed by atoms with Crippen LogP contribution in [-0.2, 0) is 4.79 Å². The van der Waals surface area contributed by atoms with Crippen molar-refractivity contribution in [1.82, 2.24) is 29.4 Å². The Kier molecular flexibility index (Phi) is 15.2. The molecule has 1 saturated heterocycles. The van der Waals surface area contributed by atoms with E-state index < -0.39 is 0 Å². The number of benzene rings is 2. The molecule has 2 N–H and O–H groups in total. The molecule has 1 aliphatic rings. The highest BCUT2D eigenvalue weighted by molar-refractivity contribution is 6.42. The molecule has 0 spiro atoms. The van der Waals surface area contributed by atoms with E-state index in [0.717, 1.165) is 75.8 Å². The summed E-state index contributed by atoms with van der Waals surface area (Å²) in [6, 6.07) is 14.5. The molecule has 5 rings (SSSR count). The summed E-state index contributed by atoms with van der Waals surface area (Å²) in [5.74, 6) is 1.40. The predicted octanol–water partition coefficient (Wildman–Crippen LogP) is 8.71. The van der Waals surface area contributed by atoms with E-state index in [0.29, 0.717) is 32.3 Å². The SMILES string of the molecule is CCN(CC)CCCCNc1ccn(-c2ccc(Cl)c(Cl)c2)n1.O=C(CCCN1CCCC1)Nc1ccn(-c2ccc(Cl)c(Cl)c2)n1. The van der Waals surface area contributed by atoms with E-state index in [-0.39, 0.29) is 5.91 Å². The number of aromatic nitrogens is 4. The van der Waals surface area contributed by atoms with Crippen LogP contribution in [0, 0.1) is 0 Å². The molecule has 1 fully saturated rings. The van der Waals surface area contributed by atoms with E-state index in [4.69, 9.17) is 46.4 Å². The monoisotopic (exact) mass is 720 g/mol. The quantitative estimate of drug-likeness (QED) is 0.120. The summed E-state index contributed by atoms with van der Waals surface area (Å²) in [6.07, 6.45) is 9.96. The van der Waals surface area contributed by atoms with Gasteiger partial charge >= 0.3 is 0 Å². The lowest BCUT2D eigenvalue weighted by Crippen LogP contribution is -2.24. The molecule has 2 aromatic heterocycles. The zero-order chi connectivity index (χ0) is 33.6. The lowest BCUT2D eigenvalue weighted by molar-refractivity contribution is -0.116. The molecule has 9 nitrogen and oxygen atoms in total. The standard InChI is InChI=1S/C17H20Cl2N4O.C17H24Cl2N4/c18-14-6-5-13(12-15(14)19)23-11-7-16(21-23)20-17(24)4-3-10-22-8-1-2-9-22;1-3-22(4-2)11-6-5-10-20-17-9-12-23(21-17)14-7-8-15(18)16(19)13-14/h5-7,11-12H,1-4,8-10H2,(H,20,21,24);7-9,12-13H,3-6,10-11H2,1-2H3,(H,20,21). The van der Waals surface area contributed by atoms with Crippen molar-refractivity contribution in [1.29, 1.82) is 0 Å². The Hall–Kier alpha value is -2.79. The lowest BCUT2D eigenvalue weighted by Gasteiger charge is -2.17. The third-order valence-corrected chi connectivity index (χ3v) is 9.44. The van der Waals surface area contributed by atoms with Gasteiger partial charge in [0.2, 0.25) is 5.91 Å². The van der Waals surface area contributed by atoms with Crippen molar-refractivity contribution >= 4 is 63.9 Å². The fourth-order valence-corrected chi connectivity index (χ4v) is 5.83. The number of rotatable bonds is 15. The summed E-state index contributed by atoms with van der Waals surface area (Å²) in [6.45, 7) is 12.1. The number of unbranched alkanes of at least 4 members (excludes halogenated alkanes) is 1. The molecule has 3 heterocycles. The Labute approximate surface area is 298 Å². The fourth-order valence-electron chi connectivity index (χ4n) is 5.24. The molecule has 2 aromatic carbocycles. The van der Waals surface area contributed by atoms with E-state index in [1.807, 2.05) is 30.5 Å². The maximum Gasteiger partial charge on any atom is 0.225 e. The molecule has 0 bridgehead atoms. The zero-order valence-electron chi connectivity index (χ0n) is 27.1. The molecule has 1 aliphatic heterocycles. The fraction of sp³-hybridized carbons (Fsp3) is 0.441. The molecule has 1 amide bonds. The summed E-state index contributed by atoms with van der Waals surface area (Å²) in [7, 11) is 0. The molecular weight excluding hydrogens is 678 g/mol. The van der Waals surface area contributed by atoms with E-state index in [1.54, 1.807) is 39.8 Å². The van der Waals surface area contributed by atoms with Crippen LogP contribution >= 0.6 is 46.4 Å². The number of anilines is 2. The Balaban J connectivity index is 0.000000213. The summed E-state index contributed by atoms with van der Waals surface area (Å²) < 4.78 is 3.45. The van der Waals surface area contributed by atoms with E-state index in [1.165, 1.54) is 19.3 Å². The molecule has 4 aromatic rings. The maximum atomic E-state index is 12.0. The molecular formula is C34H44Cl4N8O. The van der Waals surface area contributed by atoms with Crippen LogP contribution in [0.4, 0.5) is 11.6 Å². The highest BCUT2D eigenvalue weighted by Gasteiger charge is 2.12. The van der Waals surface area contributed by atoms with Crippen molar-refractivity contribution in [2.24, 2.45) is 0 Å². The average Bonchev–Trinajstić information content (AvgIpc) is 3.85. The van der Waals surface area contributed by atoms with Crippen LogP contribution in [0.25, 0.3) is 11.4 Å². The number of likely N-dealkylation sites (tertiary alicyclic amines) is 1. The number of hydrogen-bond acceptors (Lipinski definition) is 6. The summed E-state index contributed by atoms with van der Waals surface area (Å²) in [4.78, 5) is 16.9. The Morgan fingerprint density at radius 2 is 1.34 bits per heavy atom. The van der Waals surface area contributed by atoms with Gasteiger partial charge in [-0.3, -0.25) is 4.79 Å². The maximum absolute atomic E-state index is 12.0. The summed E-state index contributed by atoms with van der Waals surface area (Å²) in [5.41, 5.74) is 1.69. The predicted molar refractivity (Wildman–Crippen MR) is 196 cm³/mol. The first-order valence-electron chi connectivity index (χ1n) is 16.3. The largest absolute Gasteiger partial charge is 0.369 e. The molecule has 13 heteroatoms. The topological polar surface area (TPSA) is 83.3 Å². The van der Waals surface area contributed by atoms with Crippen molar-refractivity contribution in [2.75, 3.05) is 56.4 Å². The summed E-state index contributed by atoms with van der Waals surface area (Å²) in [5, 5.41) is 17.1. The third-order valence-electron chi connectivity index (χ3n) is 7.96. The van der Waals surface area contributed by atoms with Gasteiger partial charge in [-0.05, 0) is 108 Å². The molecule has 0 radical (unpaired) electrons. The van der Waals surface area contributed by atoms with Crippen molar-refractivity contribution in [2.45, 2.75) is 52.4 Å². The third kappa shape index (κ3) is 12.0. The first-order valence-corrected chi connectivity index (χ1v) is 17.8. The van der Waals surface area contributed by atoms with Crippen molar-refractivity contribution in [3.8, 4) is 11.4 Å². The first-order chi connectivity index (χ1) is 22.7. The minimum atomic E-state index is -0.00594. The molecule has 0 aliphatic carbocycles. The number of nitrogens with one attached hydrogen (secondary N) is 2. The van der Waals surface area contributed by atoms with Gasteiger partial charge in [0.15, 0.2) is 5.82 Å². The number of carbonyl (C=O) groups excluding carboxylic acids is 1. The average molecular weight is 723 g/mol. The van der Waals surface area contributed by atoms with Crippen LogP contribution in [0.2, 0.25) is 20.1 Å². The highest BCUT2D eigenvalue weighted by Crippen LogP contribution is 2.25. The van der Waals surface area contributed by atoms with Gasteiger partial charge in [0.25, 0.3) is 0 Å². The van der Waals surface area contributed by atoms with Crippen LogP contribution in [-0.4, -0.2) is 81.1 Å². The normalized spacial score (nSPS) is 13.1. The van der Waals surface area contributed by atoms with E-state index in [9.17, 15) is 4.79 Å². The van der Waals surface area contributed by atoms with Gasteiger partial charge in [0.05, 0.1) is 31.5 Å². The van der Waals surface area contributed by atoms with Crippen LogP contribution < -0.4 is 10.6 Å². The number of carbonyl (C=O) groups is 1. The van der Waals surface area contributed by atoms with Gasteiger partial charge < -0.3 is 20.4 Å². The van der Waals surface area contributed by atoms with Crippen molar-refractivity contribution < 1.29 is 4.79 Å². The van der Waals surface area contributed by atoms with E-state index >= 15 is 0 Å². The number of hydrogen-bond donors (Lipinski definition) is 2. The summed E-state index contributed by atoms with van der Waals surface area (Å²) >= 11 is 23.9. The number of halogens is 4. The van der Waals surface area contributed by atoms with Gasteiger partial charge in [-0.1, -0.05) is 60.3 Å². The minimum Gasteiger partial charge on any atom is -0.369 e. The van der Waals surface area contributed by atoms with E-state index in [2.05, 4.69) is 44.5 Å². The second-order valence-corrected chi connectivity index (χ2v) is 13.0.